The lowest BCUT2D eigenvalue weighted by Crippen LogP contribution is -2.13. The average molecular weight is 399 g/mol. The van der Waals surface area contributed by atoms with E-state index in [0.717, 1.165) is 0 Å². The third-order valence-electron chi connectivity index (χ3n) is 3.95. The number of hydrogen-bond acceptors (Lipinski definition) is 5. The molecule has 0 bridgehead atoms. The fourth-order valence-electron chi connectivity index (χ4n) is 2.79. The molecule has 3 aromatic rings. The molecule has 2 aromatic carbocycles. The molecule has 0 amide bonds. The minimum absolute atomic E-state index is 0.0708. The lowest BCUT2D eigenvalue weighted by molar-refractivity contribution is 0.0476. The van der Waals surface area contributed by atoms with Gasteiger partial charge in [-0.25, -0.2) is 14.3 Å². The Morgan fingerprint density at radius 1 is 0.929 bits per heavy atom. The second kappa shape index (κ2) is 8.71. The Hall–Kier alpha value is -3.12. The second-order valence-electron chi connectivity index (χ2n) is 5.77. The zero-order valence-corrected chi connectivity index (χ0v) is 16.3. The summed E-state index contributed by atoms with van der Waals surface area (Å²) in [5.74, 6) is -1.32. The van der Waals surface area contributed by atoms with Gasteiger partial charge in [-0.3, -0.25) is 0 Å². The summed E-state index contributed by atoms with van der Waals surface area (Å²) in [5, 5.41) is 4.97. The zero-order valence-electron chi connectivity index (χ0n) is 15.5. The fourth-order valence-corrected chi connectivity index (χ4v) is 2.91. The number of rotatable bonds is 6. The Labute approximate surface area is 167 Å². The van der Waals surface area contributed by atoms with E-state index in [2.05, 4.69) is 5.10 Å². The van der Waals surface area contributed by atoms with Crippen LogP contribution in [0.5, 0.6) is 0 Å². The Balaban J connectivity index is 2.31. The van der Waals surface area contributed by atoms with Gasteiger partial charge in [0.1, 0.15) is 5.56 Å². The van der Waals surface area contributed by atoms with E-state index in [0.29, 0.717) is 22.0 Å². The Morgan fingerprint density at radius 3 is 2.14 bits per heavy atom. The van der Waals surface area contributed by atoms with E-state index in [1.807, 2.05) is 30.3 Å². The molecular formula is C21H19ClN2O4. The van der Waals surface area contributed by atoms with Crippen LogP contribution in [-0.4, -0.2) is 34.9 Å². The maximum atomic E-state index is 12.8. The maximum Gasteiger partial charge on any atom is 0.359 e. The van der Waals surface area contributed by atoms with Crippen LogP contribution in [0.25, 0.3) is 16.9 Å². The summed E-state index contributed by atoms with van der Waals surface area (Å²) in [6.07, 6.45) is 0. The molecule has 0 unspecified atom stereocenters. The van der Waals surface area contributed by atoms with E-state index in [9.17, 15) is 9.59 Å². The van der Waals surface area contributed by atoms with Gasteiger partial charge in [-0.2, -0.15) is 5.10 Å². The van der Waals surface area contributed by atoms with Crippen LogP contribution in [0.4, 0.5) is 0 Å². The molecular weight excluding hydrogens is 380 g/mol. The molecule has 144 valence electrons. The molecule has 0 aliphatic carbocycles. The van der Waals surface area contributed by atoms with Gasteiger partial charge >= 0.3 is 11.9 Å². The minimum Gasteiger partial charge on any atom is -0.462 e. The zero-order chi connectivity index (χ0) is 20.1. The minimum atomic E-state index is -0.685. The highest BCUT2D eigenvalue weighted by atomic mass is 35.5. The van der Waals surface area contributed by atoms with Crippen LogP contribution in [0, 0.1) is 0 Å². The largest absolute Gasteiger partial charge is 0.462 e. The molecule has 0 aliphatic rings. The molecule has 1 aromatic heterocycles. The lowest BCUT2D eigenvalue weighted by Gasteiger charge is -2.10. The topological polar surface area (TPSA) is 70.4 Å². The van der Waals surface area contributed by atoms with Crippen molar-refractivity contribution in [2.24, 2.45) is 0 Å². The van der Waals surface area contributed by atoms with Crippen molar-refractivity contribution in [2.75, 3.05) is 13.2 Å². The maximum absolute atomic E-state index is 12.8. The van der Waals surface area contributed by atoms with E-state index < -0.39 is 11.9 Å². The summed E-state index contributed by atoms with van der Waals surface area (Å²) in [7, 11) is 0. The molecule has 1 heterocycles. The van der Waals surface area contributed by atoms with E-state index in [1.54, 1.807) is 38.1 Å². The first-order chi connectivity index (χ1) is 13.6. The average Bonchev–Trinajstić information content (AvgIpc) is 3.10. The summed E-state index contributed by atoms with van der Waals surface area (Å²) in [4.78, 5) is 25.3. The van der Waals surface area contributed by atoms with E-state index in [1.165, 1.54) is 4.68 Å². The van der Waals surface area contributed by atoms with Crippen LogP contribution < -0.4 is 0 Å². The van der Waals surface area contributed by atoms with Crippen LogP contribution in [-0.2, 0) is 9.47 Å². The summed E-state index contributed by atoms with van der Waals surface area (Å²) in [5.41, 5.74) is 1.79. The van der Waals surface area contributed by atoms with Gasteiger partial charge < -0.3 is 9.47 Å². The SMILES string of the molecule is CCOC(=O)c1nn(-c2ccc(Cl)cc2)c(-c2ccccc2)c1C(=O)OCC. The highest BCUT2D eigenvalue weighted by Gasteiger charge is 2.31. The first-order valence-corrected chi connectivity index (χ1v) is 9.23. The van der Waals surface area contributed by atoms with Crippen LogP contribution in [0.3, 0.4) is 0 Å². The molecule has 0 atom stereocenters. The van der Waals surface area contributed by atoms with Gasteiger partial charge in [0, 0.05) is 10.6 Å². The molecule has 0 saturated heterocycles. The smallest absolute Gasteiger partial charge is 0.359 e. The van der Waals surface area contributed by atoms with Crippen molar-refractivity contribution in [1.82, 2.24) is 9.78 Å². The van der Waals surface area contributed by atoms with E-state index in [-0.39, 0.29) is 24.5 Å². The Bertz CT molecular complexity index is 982. The number of carbonyl (C=O) groups is 2. The molecule has 6 nitrogen and oxygen atoms in total. The number of hydrogen-bond donors (Lipinski definition) is 0. The van der Waals surface area contributed by atoms with Crippen molar-refractivity contribution in [3.63, 3.8) is 0 Å². The van der Waals surface area contributed by atoms with Gasteiger partial charge in [0.15, 0.2) is 5.69 Å². The van der Waals surface area contributed by atoms with E-state index >= 15 is 0 Å². The summed E-state index contributed by atoms with van der Waals surface area (Å²) in [6.45, 7) is 3.72. The summed E-state index contributed by atoms with van der Waals surface area (Å²) >= 11 is 6.00. The standard InChI is InChI=1S/C21H19ClN2O4/c1-3-27-20(25)17-18(21(26)28-4-2)23-24(16-12-10-15(22)11-13-16)19(17)14-8-6-5-7-9-14/h5-13H,3-4H2,1-2H3. The first-order valence-electron chi connectivity index (χ1n) is 8.85. The van der Waals surface area contributed by atoms with Gasteiger partial charge in [-0.05, 0) is 38.1 Å². The number of aromatic nitrogens is 2. The van der Waals surface area contributed by atoms with Crippen molar-refractivity contribution in [2.45, 2.75) is 13.8 Å². The highest BCUT2D eigenvalue weighted by molar-refractivity contribution is 6.30. The van der Waals surface area contributed by atoms with Gasteiger partial charge in [0.2, 0.25) is 0 Å². The number of halogens is 1. The predicted molar refractivity (Wildman–Crippen MR) is 106 cm³/mol. The van der Waals surface area contributed by atoms with Crippen molar-refractivity contribution < 1.29 is 19.1 Å². The molecule has 0 N–H and O–H groups in total. The molecule has 0 radical (unpaired) electrons. The predicted octanol–water partition coefficient (Wildman–Crippen LogP) is 4.55. The molecule has 0 spiro atoms. The van der Waals surface area contributed by atoms with Crippen molar-refractivity contribution in [3.8, 4) is 16.9 Å². The molecule has 3 rings (SSSR count). The third kappa shape index (κ3) is 3.92. The number of esters is 2. The lowest BCUT2D eigenvalue weighted by atomic mass is 10.1. The van der Waals surface area contributed by atoms with Gasteiger partial charge in [-0.1, -0.05) is 41.9 Å². The molecule has 28 heavy (non-hydrogen) atoms. The summed E-state index contributed by atoms with van der Waals surface area (Å²) in [6, 6.07) is 16.1. The molecule has 0 aliphatic heterocycles. The summed E-state index contributed by atoms with van der Waals surface area (Å²) < 4.78 is 11.9. The quantitative estimate of drug-likeness (QED) is 0.570. The number of ether oxygens (including phenoxy) is 2. The molecule has 0 saturated carbocycles. The molecule has 0 fully saturated rings. The van der Waals surface area contributed by atoms with Gasteiger partial charge in [0.25, 0.3) is 0 Å². The fraction of sp³-hybridized carbons (Fsp3) is 0.190. The normalized spacial score (nSPS) is 10.5. The van der Waals surface area contributed by atoms with Crippen molar-refractivity contribution in [3.05, 3.63) is 70.9 Å². The third-order valence-corrected chi connectivity index (χ3v) is 4.20. The number of nitrogens with zero attached hydrogens (tertiary/aromatic N) is 2. The molecule has 7 heteroatoms. The van der Waals surface area contributed by atoms with Crippen LogP contribution >= 0.6 is 11.6 Å². The van der Waals surface area contributed by atoms with Crippen LogP contribution in [0.15, 0.2) is 54.6 Å². The second-order valence-corrected chi connectivity index (χ2v) is 6.20. The van der Waals surface area contributed by atoms with Crippen molar-refractivity contribution >= 4 is 23.5 Å². The first kappa shape index (κ1) is 19.6. The monoisotopic (exact) mass is 398 g/mol. The van der Waals surface area contributed by atoms with Crippen LogP contribution in [0.2, 0.25) is 5.02 Å². The van der Waals surface area contributed by atoms with Crippen molar-refractivity contribution in [1.29, 1.82) is 0 Å². The van der Waals surface area contributed by atoms with E-state index in [4.69, 9.17) is 21.1 Å². The number of benzene rings is 2. The van der Waals surface area contributed by atoms with Gasteiger partial charge in [0.05, 0.1) is 24.6 Å². The highest BCUT2D eigenvalue weighted by Crippen LogP contribution is 2.31. The Kier molecular flexibility index (Phi) is 6.11. The van der Waals surface area contributed by atoms with Gasteiger partial charge in [-0.15, -0.1) is 0 Å². The van der Waals surface area contributed by atoms with Crippen LogP contribution in [0.1, 0.15) is 34.7 Å². The Morgan fingerprint density at radius 2 is 1.54 bits per heavy atom. The number of carbonyl (C=O) groups excluding carboxylic acids is 2.